The number of nitrogens with zero attached hydrogens (tertiary/aromatic N) is 1. The molecule has 1 aliphatic heterocycles. The van der Waals surface area contributed by atoms with Crippen molar-refractivity contribution in [1.82, 2.24) is 4.90 Å². The van der Waals surface area contributed by atoms with Gasteiger partial charge in [0.05, 0.1) is 5.92 Å². The average Bonchev–Trinajstić information content (AvgIpc) is 2.84. The smallest absolute Gasteiger partial charge is 0.289 e. The van der Waals surface area contributed by atoms with Gasteiger partial charge in [0.15, 0.2) is 10.4 Å². The number of primary amides is 1. The molecule has 2 amide bonds. The summed E-state index contributed by atoms with van der Waals surface area (Å²) in [6.07, 6.45) is 0.627. The summed E-state index contributed by atoms with van der Waals surface area (Å²) in [4.78, 5) is 24.7. The number of furan rings is 1. The van der Waals surface area contributed by atoms with Gasteiger partial charge in [0.25, 0.3) is 5.91 Å². The molecule has 1 aromatic heterocycles. The lowest BCUT2D eigenvalue weighted by Crippen LogP contribution is -2.31. The second-order valence-electron chi connectivity index (χ2n) is 4.20. The summed E-state index contributed by atoms with van der Waals surface area (Å²) in [6, 6.07) is 1.74. The van der Waals surface area contributed by atoms with Crippen molar-refractivity contribution in [2.24, 2.45) is 11.7 Å². The molecule has 1 saturated heterocycles. The van der Waals surface area contributed by atoms with E-state index in [1.54, 1.807) is 11.0 Å². The van der Waals surface area contributed by atoms with Crippen LogP contribution in [0.3, 0.4) is 0 Å². The van der Waals surface area contributed by atoms with Gasteiger partial charge in [-0.2, -0.15) is 0 Å². The molecule has 0 radical (unpaired) electrons. The van der Waals surface area contributed by atoms with Crippen LogP contribution in [0.15, 0.2) is 15.2 Å². The molecular weight excluding hydrogens is 288 g/mol. The quantitative estimate of drug-likeness (QED) is 0.894. The molecule has 1 fully saturated rings. The first kappa shape index (κ1) is 12.2. The molecule has 2 heterocycles. The lowest BCUT2D eigenvalue weighted by molar-refractivity contribution is -0.121. The Hall–Kier alpha value is -1.30. The Kier molecular flexibility index (Phi) is 3.24. The fourth-order valence-electron chi connectivity index (χ4n) is 1.98. The summed E-state index contributed by atoms with van der Waals surface area (Å²) in [5, 5.41) is 0. The summed E-state index contributed by atoms with van der Waals surface area (Å²) < 4.78 is 5.82. The molecule has 1 aromatic rings. The highest BCUT2D eigenvalue weighted by Crippen LogP contribution is 2.24. The fraction of sp³-hybridized carbons (Fsp3) is 0.455. The van der Waals surface area contributed by atoms with Crippen LogP contribution in [0.1, 0.15) is 22.5 Å². The number of nitrogens with two attached hydrogens (primary N) is 1. The summed E-state index contributed by atoms with van der Waals surface area (Å²) in [5.41, 5.74) is 6.01. The number of hydrogen-bond donors (Lipinski definition) is 1. The lowest BCUT2D eigenvalue weighted by Gasteiger charge is -2.14. The van der Waals surface area contributed by atoms with E-state index in [2.05, 4.69) is 15.9 Å². The minimum Gasteiger partial charge on any atom is -0.444 e. The van der Waals surface area contributed by atoms with Crippen LogP contribution in [0.5, 0.6) is 0 Å². The van der Waals surface area contributed by atoms with E-state index in [-0.39, 0.29) is 17.7 Å². The Morgan fingerprint density at radius 3 is 2.76 bits per heavy atom. The van der Waals surface area contributed by atoms with Crippen molar-refractivity contribution in [3.63, 3.8) is 0 Å². The molecule has 6 heteroatoms. The van der Waals surface area contributed by atoms with Crippen molar-refractivity contribution in [2.45, 2.75) is 13.3 Å². The first-order valence-corrected chi connectivity index (χ1v) is 6.13. The normalized spacial score (nSPS) is 19.6. The minimum atomic E-state index is -0.349. The van der Waals surface area contributed by atoms with Gasteiger partial charge in [0.2, 0.25) is 5.91 Å². The van der Waals surface area contributed by atoms with E-state index in [1.807, 2.05) is 6.92 Å². The third kappa shape index (κ3) is 2.36. The maximum absolute atomic E-state index is 12.1. The molecule has 0 aliphatic carbocycles. The van der Waals surface area contributed by atoms with Crippen LogP contribution in [0, 0.1) is 12.8 Å². The summed E-state index contributed by atoms with van der Waals surface area (Å²) in [5.74, 6) is -0.450. The van der Waals surface area contributed by atoms with E-state index < -0.39 is 0 Å². The SMILES string of the molecule is Cc1cc(Br)oc1C(=O)N1CCC(C(N)=O)C1. The first-order valence-electron chi connectivity index (χ1n) is 5.33. The Balaban J connectivity index is 2.12. The number of hydrogen-bond acceptors (Lipinski definition) is 3. The number of rotatable bonds is 2. The summed E-state index contributed by atoms with van der Waals surface area (Å²) >= 11 is 3.18. The highest BCUT2D eigenvalue weighted by atomic mass is 79.9. The Morgan fingerprint density at radius 2 is 2.29 bits per heavy atom. The first-order chi connectivity index (χ1) is 7.99. The monoisotopic (exact) mass is 300 g/mol. The Labute approximate surface area is 107 Å². The molecule has 0 saturated carbocycles. The molecule has 1 aliphatic rings. The number of carbonyl (C=O) groups is 2. The van der Waals surface area contributed by atoms with Gasteiger partial charge >= 0.3 is 0 Å². The van der Waals surface area contributed by atoms with Crippen LogP contribution in [-0.4, -0.2) is 29.8 Å². The summed E-state index contributed by atoms with van der Waals surface area (Å²) in [7, 11) is 0. The Bertz CT molecular complexity index is 469. The molecule has 92 valence electrons. The third-order valence-corrected chi connectivity index (χ3v) is 3.35. The lowest BCUT2D eigenvalue weighted by atomic mass is 10.1. The molecule has 0 spiro atoms. The van der Waals surface area contributed by atoms with E-state index >= 15 is 0 Å². The predicted octanol–water partition coefficient (Wildman–Crippen LogP) is 1.30. The molecule has 2 rings (SSSR count). The van der Waals surface area contributed by atoms with Gasteiger partial charge in [0.1, 0.15) is 0 Å². The van der Waals surface area contributed by atoms with Crippen molar-refractivity contribution in [1.29, 1.82) is 0 Å². The number of amides is 2. The maximum atomic E-state index is 12.1. The van der Waals surface area contributed by atoms with Gasteiger partial charge in [-0.1, -0.05) is 0 Å². The van der Waals surface area contributed by atoms with Gasteiger partial charge in [-0.15, -0.1) is 0 Å². The van der Waals surface area contributed by atoms with Crippen molar-refractivity contribution < 1.29 is 14.0 Å². The van der Waals surface area contributed by atoms with Crippen LogP contribution in [-0.2, 0) is 4.79 Å². The molecule has 1 atom stereocenters. The zero-order chi connectivity index (χ0) is 12.6. The molecule has 1 unspecified atom stereocenters. The van der Waals surface area contributed by atoms with Gasteiger partial charge in [-0.05, 0) is 35.3 Å². The molecule has 5 nitrogen and oxygen atoms in total. The van der Waals surface area contributed by atoms with Crippen molar-refractivity contribution >= 4 is 27.7 Å². The summed E-state index contributed by atoms with van der Waals surface area (Å²) in [6.45, 7) is 2.74. The topological polar surface area (TPSA) is 76.5 Å². The maximum Gasteiger partial charge on any atom is 0.289 e. The van der Waals surface area contributed by atoms with E-state index in [0.717, 1.165) is 5.56 Å². The van der Waals surface area contributed by atoms with Crippen LogP contribution >= 0.6 is 15.9 Å². The Morgan fingerprint density at radius 1 is 1.59 bits per heavy atom. The van der Waals surface area contributed by atoms with Gasteiger partial charge in [-0.3, -0.25) is 9.59 Å². The molecule has 17 heavy (non-hydrogen) atoms. The van der Waals surface area contributed by atoms with Crippen molar-refractivity contribution in [2.75, 3.05) is 13.1 Å². The zero-order valence-corrected chi connectivity index (χ0v) is 11.0. The van der Waals surface area contributed by atoms with Crippen molar-refractivity contribution in [3.8, 4) is 0 Å². The van der Waals surface area contributed by atoms with Gasteiger partial charge < -0.3 is 15.1 Å². The largest absolute Gasteiger partial charge is 0.444 e. The second-order valence-corrected chi connectivity index (χ2v) is 4.98. The van der Waals surface area contributed by atoms with E-state index in [1.165, 1.54) is 0 Å². The van der Waals surface area contributed by atoms with Crippen molar-refractivity contribution in [3.05, 3.63) is 22.1 Å². The van der Waals surface area contributed by atoms with Crippen LogP contribution in [0.4, 0.5) is 0 Å². The number of halogens is 1. The predicted molar refractivity (Wildman–Crippen MR) is 64.3 cm³/mol. The second kappa shape index (κ2) is 4.52. The number of carbonyl (C=O) groups excluding carboxylic acids is 2. The molecule has 0 bridgehead atoms. The van der Waals surface area contributed by atoms with Crippen LogP contribution in [0.25, 0.3) is 0 Å². The van der Waals surface area contributed by atoms with Crippen LogP contribution < -0.4 is 5.73 Å². The van der Waals surface area contributed by atoms with Gasteiger partial charge in [0, 0.05) is 18.7 Å². The average molecular weight is 301 g/mol. The van der Waals surface area contributed by atoms with E-state index in [4.69, 9.17) is 10.2 Å². The standard InChI is InChI=1S/C11H13BrN2O3/c1-6-4-8(12)17-9(6)11(16)14-3-2-7(5-14)10(13)15/h4,7H,2-3,5H2,1H3,(H2,13,15). The number of likely N-dealkylation sites (tertiary alicyclic amines) is 1. The highest BCUT2D eigenvalue weighted by molar-refractivity contribution is 9.10. The molecule has 2 N–H and O–H groups in total. The third-order valence-electron chi connectivity index (χ3n) is 2.96. The molecular formula is C11H13BrN2O3. The highest BCUT2D eigenvalue weighted by Gasteiger charge is 2.32. The number of aryl methyl sites for hydroxylation is 1. The van der Waals surface area contributed by atoms with E-state index in [0.29, 0.717) is 29.9 Å². The van der Waals surface area contributed by atoms with E-state index in [9.17, 15) is 9.59 Å². The molecule has 0 aromatic carbocycles. The van der Waals surface area contributed by atoms with Crippen LogP contribution in [0.2, 0.25) is 0 Å². The minimum absolute atomic E-state index is 0.183. The fourth-order valence-corrected chi connectivity index (χ4v) is 2.48. The zero-order valence-electron chi connectivity index (χ0n) is 9.40. The van der Waals surface area contributed by atoms with Gasteiger partial charge in [-0.25, -0.2) is 0 Å².